The summed E-state index contributed by atoms with van der Waals surface area (Å²) in [5.74, 6) is 0. The first-order valence-electron chi connectivity index (χ1n) is 5.91. The van der Waals surface area contributed by atoms with E-state index in [-0.39, 0.29) is 12.1 Å². The SMILES string of the molecule is CNC1(CO)CCN(C2CN(C)C2)CC1. The Hall–Kier alpha value is -0.160. The molecule has 2 rings (SSSR count). The minimum atomic E-state index is -0.00779. The number of rotatable bonds is 3. The van der Waals surface area contributed by atoms with Crippen LogP contribution in [0.5, 0.6) is 0 Å². The van der Waals surface area contributed by atoms with E-state index in [2.05, 4.69) is 22.2 Å². The van der Waals surface area contributed by atoms with Crippen LogP contribution in [0.1, 0.15) is 12.8 Å². The standard InChI is InChI=1S/C11H23N3O/c1-12-11(9-15)3-5-14(6-4-11)10-7-13(2)8-10/h10,12,15H,3-9H2,1-2H3. The molecular weight excluding hydrogens is 190 g/mol. The minimum Gasteiger partial charge on any atom is -0.394 e. The quantitative estimate of drug-likeness (QED) is 0.653. The summed E-state index contributed by atoms with van der Waals surface area (Å²) in [6, 6.07) is 0.767. The highest BCUT2D eigenvalue weighted by molar-refractivity contribution is 4.96. The summed E-state index contributed by atoms with van der Waals surface area (Å²) in [5.41, 5.74) is -0.00779. The van der Waals surface area contributed by atoms with Crippen molar-refractivity contribution in [1.82, 2.24) is 15.1 Å². The monoisotopic (exact) mass is 213 g/mol. The fourth-order valence-corrected chi connectivity index (χ4v) is 2.70. The second kappa shape index (κ2) is 4.37. The lowest BCUT2D eigenvalue weighted by molar-refractivity contribution is 0.00695. The third-order valence-electron chi connectivity index (χ3n) is 4.15. The van der Waals surface area contributed by atoms with E-state index in [1.165, 1.54) is 13.1 Å². The molecule has 0 bridgehead atoms. The Bertz CT molecular complexity index is 202. The van der Waals surface area contributed by atoms with Gasteiger partial charge >= 0.3 is 0 Å². The lowest BCUT2D eigenvalue weighted by Gasteiger charge is -2.49. The predicted molar refractivity (Wildman–Crippen MR) is 61.0 cm³/mol. The van der Waals surface area contributed by atoms with Crippen LogP contribution < -0.4 is 5.32 Å². The van der Waals surface area contributed by atoms with Gasteiger partial charge in [0.05, 0.1) is 6.61 Å². The zero-order valence-corrected chi connectivity index (χ0v) is 9.87. The van der Waals surface area contributed by atoms with Gasteiger partial charge in [0.2, 0.25) is 0 Å². The molecule has 2 aliphatic rings. The second-order valence-corrected chi connectivity index (χ2v) is 5.10. The Morgan fingerprint density at radius 1 is 1.33 bits per heavy atom. The zero-order valence-electron chi connectivity index (χ0n) is 9.87. The normalized spacial score (nSPS) is 29.0. The molecule has 2 aliphatic heterocycles. The molecule has 0 atom stereocenters. The Balaban J connectivity index is 1.81. The average molecular weight is 213 g/mol. The molecular formula is C11H23N3O. The summed E-state index contributed by atoms with van der Waals surface area (Å²) in [5, 5.41) is 12.7. The van der Waals surface area contributed by atoms with Gasteiger partial charge in [-0.2, -0.15) is 0 Å². The molecule has 4 heteroatoms. The lowest BCUT2D eigenvalue weighted by atomic mass is 9.87. The minimum absolute atomic E-state index is 0.00779. The molecule has 2 fully saturated rings. The van der Waals surface area contributed by atoms with E-state index in [4.69, 9.17) is 0 Å². The van der Waals surface area contributed by atoms with Crippen LogP contribution in [0.25, 0.3) is 0 Å². The fraction of sp³-hybridized carbons (Fsp3) is 1.00. The number of likely N-dealkylation sites (tertiary alicyclic amines) is 2. The van der Waals surface area contributed by atoms with Gasteiger partial charge in [-0.15, -0.1) is 0 Å². The van der Waals surface area contributed by atoms with Crippen LogP contribution in [-0.4, -0.2) is 73.4 Å². The summed E-state index contributed by atoms with van der Waals surface area (Å²) in [4.78, 5) is 4.93. The van der Waals surface area contributed by atoms with E-state index in [0.717, 1.165) is 32.0 Å². The summed E-state index contributed by atoms with van der Waals surface area (Å²) in [6.45, 7) is 4.94. The van der Waals surface area contributed by atoms with Gasteiger partial charge in [0.15, 0.2) is 0 Å². The summed E-state index contributed by atoms with van der Waals surface area (Å²) < 4.78 is 0. The molecule has 4 nitrogen and oxygen atoms in total. The summed E-state index contributed by atoms with van der Waals surface area (Å²) in [7, 11) is 4.13. The van der Waals surface area contributed by atoms with Crippen LogP contribution in [0.3, 0.4) is 0 Å². The van der Waals surface area contributed by atoms with Gasteiger partial charge in [-0.1, -0.05) is 0 Å². The predicted octanol–water partition coefficient (Wildman–Crippen LogP) is -0.653. The lowest BCUT2D eigenvalue weighted by Crippen LogP contribution is -2.63. The van der Waals surface area contributed by atoms with Crippen molar-refractivity contribution in [3.05, 3.63) is 0 Å². The summed E-state index contributed by atoms with van der Waals surface area (Å²) in [6.07, 6.45) is 2.14. The molecule has 0 amide bonds. The fourth-order valence-electron chi connectivity index (χ4n) is 2.70. The van der Waals surface area contributed by atoms with Crippen molar-refractivity contribution in [2.75, 3.05) is 46.9 Å². The van der Waals surface area contributed by atoms with Crippen molar-refractivity contribution < 1.29 is 5.11 Å². The first kappa shape index (κ1) is 11.3. The summed E-state index contributed by atoms with van der Waals surface area (Å²) >= 11 is 0. The third-order valence-corrected chi connectivity index (χ3v) is 4.15. The van der Waals surface area contributed by atoms with E-state index in [1.807, 2.05) is 7.05 Å². The number of hydrogen-bond donors (Lipinski definition) is 2. The Morgan fingerprint density at radius 2 is 1.93 bits per heavy atom. The van der Waals surface area contributed by atoms with Crippen LogP contribution >= 0.6 is 0 Å². The topological polar surface area (TPSA) is 38.7 Å². The number of nitrogens with one attached hydrogen (secondary N) is 1. The highest BCUT2D eigenvalue weighted by atomic mass is 16.3. The number of piperidine rings is 1. The van der Waals surface area contributed by atoms with E-state index in [9.17, 15) is 5.11 Å². The molecule has 0 radical (unpaired) electrons. The molecule has 0 unspecified atom stereocenters. The van der Waals surface area contributed by atoms with E-state index in [0.29, 0.717) is 0 Å². The van der Waals surface area contributed by atoms with Crippen LogP contribution in [0.4, 0.5) is 0 Å². The Morgan fingerprint density at radius 3 is 2.33 bits per heavy atom. The first-order valence-corrected chi connectivity index (χ1v) is 5.91. The molecule has 2 saturated heterocycles. The van der Waals surface area contributed by atoms with Gasteiger partial charge < -0.3 is 15.3 Å². The van der Waals surface area contributed by atoms with Crippen molar-refractivity contribution in [3.8, 4) is 0 Å². The van der Waals surface area contributed by atoms with Gasteiger partial charge in [0.25, 0.3) is 0 Å². The largest absolute Gasteiger partial charge is 0.394 e. The van der Waals surface area contributed by atoms with Crippen LogP contribution in [0, 0.1) is 0 Å². The maximum absolute atomic E-state index is 9.39. The van der Waals surface area contributed by atoms with E-state index in [1.54, 1.807) is 0 Å². The van der Waals surface area contributed by atoms with Crippen LogP contribution in [-0.2, 0) is 0 Å². The highest BCUT2D eigenvalue weighted by Gasteiger charge is 2.37. The maximum Gasteiger partial charge on any atom is 0.0614 e. The van der Waals surface area contributed by atoms with Crippen molar-refractivity contribution in [2.24, 2.45) is 0 Å². The third kappa shape index (κ3) is 2.18. The molecule has 0 spiro atoms. The molecule has 88 valence electrons. The van der Waals surface area contributed by atoms with Gasteiger partial charge in [0.1, 0.15) is 0 Å². The van der Waals surface area contributed by atoms with Crippen molar-refractivity contribution in [1.29, 1.82) is 0 Å². The molecule has 0 aromatic rings. The maximum atomic E-state index is 9.39. The number of likely N-dealkylation sites (N-methyl/N-ethyl adjacent to an activating group) is 2. The smallest absolute Gasteiger partial charge is 0.0614 e. The van der Waals surface area contributed by atoms with Crippen LogP contribution in [0.2, 0.25) is 0 Å². The van der Waals surface area contributed by atoms with Gasteiger partial charge in [0, 0.05) is 37.8 Å². The number of aliphatic hydroxyl groups is 1. The Kier molecular flexibility index (Phi) is 3.30. The number of nitrogens with zero attached hydrogens (tertiary/aromatic N) is 2. The molecule has 0 aliphatic carbocycles. The molecule has 0 saturated carbocycles. The van der Waals surface area contributed by atoms with E-state index >= 15 is 0 Å². The average Bonchev–Trinajstić information content (AvgIpc) is 2.25. The number of hydrogen-bond acceptors (Lipinski definition) is 4. The zero-order chi connectivity index (χ0) is 10.9. The number of aliphatic hydroxyl groups excluding tert-OH is 1. The van der Waals surface area contributed by atoms with Gasteiger partial charge in [-0.25, -0.2) is 0 Å². The van der Waals surface area contributed by atoms with Gasteiger partial charge in [-0.05, 0) is 26.9 Å². The van der Waals surface area contributed by atoms with Gasteiger partial charge in [-0.3, -0.25) is 4.90 Å². The molecule has 2 heterocycles. The van der Waals surface area contributed by atoms with Crippen molar-refractivity contribution in [3.63, 3.8) is 0 Å². The van der Waals surface area contributed by atoms with Crippen molar-refractivity contribution in [2.45, 2.75) is 24.4 Å². The highest BCUT2D eigenvalue weighted by Crippen LogP contribution is 2.25. The molecule has 2 N–H and O–H groups in total. The Labute approximate surface area is 92.2 Å². The van der Waals surface area contributed by atoms with Crippen molar-refractivity contribution >= 4 is 0 Å². The first-order chi connectivity index (χ1) is 7.19. The second-order valence-electron chi connectivity index (χ2n) is 5.10. The molecule has 15 heavy (non-hydrogen) atoms. The van der Waals surface area contributed by atoms with E-state index < -0.39 is 0 Å². The molecule has 0 aromatic heterocycles. The van der Waals surface area contributed by atoms with Crippen LogP contribution in [0.15, 0.2) is 0 Å². The molecule has 0 aromatic carbocycles.